The Bertz CT molecular complexity index is 879. The first-order valence-corrected chi connectivity index (χ1v) is 9.34. The van der Waals surface area contributed by atoms with Gasteiger partial charge < -0.3 is 4.90 Å². The third kappa shape index (κ3) is 3.75. The van der Waals surface area contributed by atoms with Gasteiger partial charge >= 0.3 is 11.9 Å². The van der Waals surface area contributed by atoms with Crippen molar-refractivity contribution >= 4 is 17.4 Å². The van der Waals surface area contributed by atoms with Gasteiger partial charge in [-0.25, -0.2) is 9.48 Å². The van der Waals surface area contributed by atoms with E-state index in [9.17, 15) is 22.8 Å². The zero-order valence-electron chi connectivity index (χ0n) is 14.9. The van der Waals surface area contributed by atoms with Gasteiger partial charge in [0.1, 0.15) is 4.88 Å². The molecule has 148 valence electrons. The van der Waals surface area contributed by atoms with E-state index in [-0.39, 0.29) is 5.91 Å². The highest BCUT2D eigenvalue weighted by molar-refractivity contribution is 7.08. The molecule has 1 aliphatic rings. The monoisotopic (exact) mass is 404 g/mol. The van der Waals surface area contributed by atoms with Crippen molar-refractivity contribution in [2.45, 2.75) is 44.8 Å². The van der Waals surface area contributed by atoms with Crippen LogP contribution < -0.4 is 5.69 Å². The number of halogens is 3. The van der Waals surface area contributed by atoms with Crippen molar-refractivity contribution in [1.82, 2.24) is 28.8 Å². The van der Waals surface area contributed by atoms with Crippen LogP contribution in [0.3, 0.4) is 0 Å². The molecule has 0 aliphatic carbocycles. The number of aromatic nitrogens is 5. The van der Waals surface area contributed by atoms with Crippen LogP contribution in [0.25, 0.3) is 0 Å². The average Bonchev–Trinajstić information content (AvgIpc) is 3.20. The molecule has 0 N–H and O–H groups in total. The van der Waals surface area contributed by atoms with Gasteiger partial charge in [0.2, 0.25) is 5.82 Å². The Balaban J connectivity index is 1.72. The van der Waals surface area contributed by atoms with Gasteiger partial charge in [0.05, 0.1) is 11.7 Å². The van der Waals surface area contributed by atoms with Crippen LogP contribution in [0.2, 0.25) is 0 Å². The predicted molar refractivity (Wildman–Crippen MR) is 90.5 cm³/mol. The molecule has 1 fully saturated rings. The van der Waals surface area contributed by atoms with E-state index in [1.165, 1.54) is 0 Å². The molecule has 1 aliphatic heterocycles. The Morgan fingerprint density at radius 1 is 1.30 bits per heavy atom. The van der Waals surface area contributed by atoms with Crippen LogP contribution in [0.15, 0.2) is 4.79 Å². The Kier molecular flexibility index (Phi) is 5.36. The maximum atomic E-state index is 12.9. The summed E-state index contributed by atoms with van der Waals surface area (Å²) in [6.07, 6.45) is -2.47. The largest absolute Gasteiger partial charge is 0.451 e. The summed E-state index contributed by atoms with van der Waals surface area (Å²) in [6.45, 7) is 2.65. The summed E-state index contributed by atoms with van der Waals surface area (Å²) in [7, 11) is 1.05. The number of carbonyl (C=O) groups excluding carboxylic acids is 1. The number of rotatable bonds is 4. The summed E-state index contributed by atoms with van der Waals surface area (Å²) in [5.74, 6) is -1.39. The lowest BCUT2D eigenvalue weighted by molar-refractivity contribution is -0.147. The Labute approximate surface area is 156 Å². The molecule has 1 amide bonds. The number of amides is 1. The summed E-state index contributed by atoms with van der Waals surface area (Å²) >= 11 is 1.05. The van der Waals surface area contributed by atoms with E-state index in [0.29, 0.717) is 47.5 Å². The van der Waals surface area contributed by atoms with Crippen molar-refractivity contribution in [3.63, 3.8) is 0 Å². The molecule has 0 bridgehead atoms. The second-order valence-electron chi connectivity index (χ2n) is 6.43. The van der Waals surface area contributed by atoms with Gasteiger partial charge in [-0.15, -0.1) is 10.2 Å². The van der Waals surface area contributed by atoms with E-state index < -0.39 is 23.7 Å². The number of carbonyl (C=O) groups is 1. The summed E-state index contributed by atoms with van der Waals surface area (Å²) in [4.78, 5) is 26.9. The molecule has 0 spiro atoms. The van der Waals surface area contributed by atoms with Crippen molar-refractivity contribution in [3.8, 4) is 0 Å². The molecular weight excluding hydrogens is 385 g/mol. The fourth-order valence-corrected chi connectivity index (χ4v) is 3.85. The normalized spacial score (nSPS) is 16.1. The average molecular weight is 404 g/mol. The van der Waals surface area contributed by atoms with Gasteiger partial charge in [0.15, 0.2) is 0 Å². The summed E-state index contributed by atoms with van der Waals surface area (Å²) in [5.41, 5.74) is -0.130. The SMILES string of the molecule is CCCc1nnsc1C(=O)N1CCC(n2nc(C(F)(F)F)n(C)c2=O)CC1. The van der Waals surface area contributed by atoms with Crippen LogP contribution in [-0.4, -0.2) is 47.8 Å². The zero-order valence-corrected chi connectivity index (χ0v) is 15.7. The first kappa shape index (κ1) is 19.5. The lowest BCUT2D eigenvalue weighted by Gasteiger charge is -2.31. The molecule has 0 atom stereocenters. The van der Waals surface area contributed by atoms with Gasteiger partial charge in [-0.2, -0.15) is 13.2 Å². The van der Waals surface area contributed by atoms with Crippen LogP contribution >= 0.6 is 11.5 Å². The van der Waals surface area contributed by atoms with Gasteiger partial charge in [0.25, 0.3) is 5.91 Å². The highest BCUT2D eigenvalue weighted by Gasteiger charge is 2.39. The molecule has 1 saturated heterocycles. The van der Waals surface area contributed by atoms with Crippen molar-refractivity contribution in [2.24, 2.45) is 7.05 Å². The molecule has 27 heavy (non-hydrogen) atoms. The second-order valence-corrected chi connectivity index (χ2v) is 7.18. The number of nitrogens with zero attached hydrogens (tertiary/aromatic N) is 6. The number of piperidine rings is 1. The zero-order chi connectivity index (χ0) is 19.8. The summed E-state index contributed by atoms with van der Waals surface area (Å²) in [6, 6.07) is -0.474. The number of alkyl halides is 3. The van der Waals surface area contributed by atoms with Crippen LogP contribution in [-0.2, 0) is 19.6 Å². The summed E-state index contributed by atoms with van der Waals surface area (Å²) in [5, 5.41) is 7.47. The smallest absolute Gasteiger partial charge is 0.338 e. The van der Waals surface area contributed by atoms with Crippen LogP contribution in [0.5, 0.6) is 0 Å². The molecule has 0 unspecified atom stereocenters. The maximum Gasteiger partial charge on any atom is 0.451 e. The fraction of sp³-hybridized carbons (Fsp3) is 0.667. The molecule has 2 aromatic heterocycles. The minimum Gasteiger partial charge on any atom is -0.338 e. The second kappa shape index (κ2) is 7.41. The van der Waals surface area contributed by atoms with Crippen molar-refractivity contribution in [1.29, 1.82) is 0 Å². The topological polar surface area (TPSA) is 85.9 Å². The highest BCUT2D eigenvalue weighted by atomic mass is 32.1. The number of aryl methyl sites for hydroxylation is 1. The molecule has 12 heteroatoms. The fourth-order valence-electron chi connectivity index (χ4n) is 3.17. The molecule has 0 radical (unpaired) electrons. The number of likely N-dealkylation sites (tertiary alicyclic amines) is 1. The minimum absolute atomic E-state index is 0.170. The lowest BCUT2D eigenvalue weighted by Crippen LogP contribution is -2.41. The number of hydrogen-bond acceptors (Lipinski definition) is 6. The van der Waals surface area contributed by atoms with Gasteiger partial charge in [0, 0.05) is 20.1 Å². The standard InChI is InChI=1S/C15H19F3N6O2S/c1-3-4-10-11(27-21-19-10)12(25)23-7-5-9(6-8-23)24-14(26)22(2)13(20-24)15(16,17)18/h9H,3-8H2,1-2H3. The van der Waals surface area contributed by atoms with E-state index in [1.807, 2.05) is 6.92 Å². The third-order valence-corrected chi connectivity index (χ3v) is 5.35. The Morgan fingerprint density at radius 3 is 2.52 bits per heavy atom. The Hall–Kier alpha value is -2.24. The minimum atomic E-state index is -4.69. The quantitative estimate of drug-likeness (QED) is 0.777. The van der Waals surface area contributed by atoms with Crippen LogP contribution in [0.1, 0.15) is 53.4 Å². The predicted octanol–water partition coefficient (Wildman–Crippen LogP) is 1.88. The number of hydrogen-bond donors (Lipinski definition) is 0. The van der Waals surface area contributed by atoms with Crippen molar-refractivity contribution < 1.29 is 18.0 Å². The van der Waals surface area contributed by atoms with E-state index in [4.69, 9.17) is 0 Å². The van der Waals surface area contributed by atoms with Gasteiger partial charge in [-0.1, -0.05) is 17.8 Å². The van der Waals surface area contributed by atoms with Crippen molar-refractivity contribution in [2.75, 3.05) is 13.1 Å². The molecule has 0 saturated carbocycles. The molecule has 3 heterocycles. The van der Waals surface area contributed by atoms with Gasteiger partial charge in [-0.05, 0) is 30.8 Å². The van der Waals surface area contributed by atoms with E-state index in [0.717, 1.165) is 29.7 Å². The lowest BCUT2D eigenvalue weighted by atomic mass is 10.0. The Morgan fingerprint density at radius 2 is 1.96 bits per heavy atom. The van der Waals surface area contributed by atoms with Crippen LogP contribution in [0, 0.1) is 0 Å². The molecular formula is C15H19F3N6O2S. The first-order valence-electron chi connectivity index (χ1n) is 8.57. The maximum absolute atomic E-state index is 12.9. The molecule has 2 aromatic rings. The van der Waals surface area contributed by atoms with E-state index in [2.05, 4.69) is 14.7 Å². The van der Waals surface area contributed by atoms with E-state index in [1.54, 1.807) is 4.90 Å². The van der Waals surface area contributed by atoms with Crippen LogP contribution in [0.4, 0.5) is 13.2 Å². The van der Waals surface area contributed by atoms with Crippen molar-refractivity contribution in [3.05, 3.63) is 26.9 Å². The third-order valence-electron chi connectivity index (χ3n) is 4.59. The highest BCUT2D eigenvalue weighted by Crippen LogP contribution is 2.28. The summed E-state index contributed by atoms with van der Waals surface area (Å²) < 4.78 is 44.1. The first-order chi connectivity index (χ1) is 12.7. The molecule has 8 nitrogen and oxygen atoms in total. The molecule has 3 rings (SSSR count). The van der Waals surface area contributed by atoms with Gasteiger partial charge in [-0.3, -0.25) is 9.36 Å². The molecule has 0 aromatic carbocycles. The van der Waals surface area contributed by atoms with E-state index >= 15 is 0 Å².